The predicted octanol–water partition coefficient (Wildman–Crippen LogP) is 4.05. The first-order valence-corrected chi connectivity index (χ1v) is 7.22. The summed E-state index contributed by atoms with van der Waals surface area (Å²) >= 11 is 0. The lowest BCUT2D eigenvalue weighted by Gasteiger charge is -2.32. The predicted molar refractivity (Wildman–Crippen MR) is 83.0 cm³/mol. The molecule has 1 aliphatic heterocycles. The lowest BCUT2D eigenvalue weighted by Crippen LogP contribution is -2.32. The Hall–Kier alpha value is -2.29. The van der Waals surface area contributed by atoms with E-state index < -0.39 is 0 Å². The van der Waals surface area contributed by atoms with Gasteiger partial charge in [-0.15, -0.1) is 0 Å². The number of fused-ring (bicyclic) bond motifs is 4. The number of ether oxygens (including phenoxy) is 1. The van der Waals surface area contributed by atoms with Gasteiger partial charge in [0.25, 0.3) is 0 Å². The van der Waals surface area contributed by atoms with Crippen molar-refractivity contribution >= 4 is 21.9 Å². The normalized spacial score (nSPS) is 16.7. The molecule has 0 saturated heterocycles. The molecule has 3 nitrogen and oxygen atoms in total. The average Bonchev–Trinajstić information content (AvgIpc) is 2.46. The van der Waals surface area contributed by atoms with E-state index in [1.165, 1.54) is 0 Å². The Bertz CT molecular complexity index is 919. The number of para-hydroxylation sites is 1. The van der Waals surface area contributed by atoms with E-state index in [4.69, 9.17) is 9.15 Å². The van der Waals surface area contributed by atoms with Crippen molar-refractivity contribution in [1.82, 2.24) is 0 Å². The molecule has 0 N–H and O–H groups in total. The lowest BCUT2D eigenvalue weighted by atomic mass is 9.93. The second-order valence-electron chi connectivity index (χ2n) is 6.21. The van der Waals surface area contributed by atoms with E-state index in [9.17, 15) is 4.79 Å². The molecule has 0 aliphatic carbocycles. The van der Waals surface area contributed by atoms with Gasteiger partial charge in [-0.2, -0.15) is 0 Å². The third-order valence-electron chi connectivity index (χ3n) is 4.17. The molecule has 2 aromatic carbocycles. The summed E-state index contributed by atoms with van der Waals surface area (Å²) in [6.07, 6.45) is 1.77. The van der Waals surface area contributed by atoms with Crippen molar-refractivity contribution < 1.29 is 9.15 Å². The molecule has 0 radical (unpaired) electrons. The quantitative estimate of drug-likeness (QED) is 0.583. The number of hydrogen-bond donors (Lipinski definition) is 0. The van der Waals surface area contributed by atoms with Crippen LogP contribution in [0, 0.1) is 0 Å². The molecular formula is C18H16O3. The van der Waals surface area contributed by atoms with Crippen LogP contribution in [0.2, 0.25) is 0 Å². The number of aryl methyl sites for hydroxylation is 1. The minimum Gasteiger partial charge on any atom is -0.487 e. The molecule has 1 aliphatic rings. The van der Waals surface area contributed by atoms with Crippen LogP contribution in [0.15, 0.2) is 45.6 Å². The minimum absolute atomic E-state index is 0.0273. The summed E-state index contributed by atoms with van der Waals surface area (Å²) in [5.41, 5.74) is 2.17. The molecule has 21 heavy (non-hydrogen) atoms. The Morgan fingerprint density at radius 3 is 2.71 bits per heavy atom. The first-order chi connectivity index (χ1) is 10.1. The van der Waals surface area contributed by atoms with Gasteiger partial charge < -0.3 is 9.15 Å². The fraction of sp³-hybridized carbons (Fsp3) is 0.278. The van der Waals surface area contributed by atoms with E-state index in [1.54, 1.807) is 6.07 Å². The van der Waals surface area contributed by atoms with Crippen molar-refractivity contribution in [1.29, 1.82) is 0 Å². The van der Waals surface area contributed by atoms with E-state index in [2.05, 4.69) is 13.8 Å². The monoisotopic (exact) mass is 280 g/mol. The summed E-state index contributed by atoms with van der Waals surface area (Å²) in [5.74, 6) is 0.831. The highest BCUT2D eigenvalue weighted by atomic mass is 16.5. The molecule has 0 unspecified atom stereocenters. The average molecular weight is 280 g/mol. The molecule has 0 saturated carbocycles. The Labute approximate surface area is 122 Å². The van der Waals surface area contributed by atoms with E-state index >= 15 is 0 Å². The maximum absolute atomic E-state index is 12.6. The summed E-state index contributed by atoms with van der Waals surface area (Å²) in [4.78, 5) is 12.6. The fourth-order valence-electron chi connectivity index (χ4n) is 3.01. The van der Waals surface area contributed by atoms with Gasteiger partial charge in [-0.25, -0.2) is 0 Å². The van der Waals surface area contributed by atoms with E-state index in [-0.39, 0.29) is 11.0 Å². The first kappa shape index (κ1) is 12.5. The van der Waals surface area contributed by atoms with E-state index in [0.29, 0.717) is 21.9 Å². The number of benzene rings is 2. The van der Waals surface area contributed by atoms with Crippen LogP contribution >= 0.6 is 0 Å². The zero-order valence-electron chi connectivity index (χ0n) is 12.1. The van der Waals surface area contributed by atoms with Crippen molar-refractivity contribution in [3.63, 3.8) is 0 Å². The van der Waals surface area contributed by atoms with Gasteiger partial charge in [0.15, 0.2) is 0 Å². The molecule has 3 aromatic rings. The third kappa shape index (κ3) is 1.84. The number of hydrogen-bond acceptors (Lipinski definition) is 3. The van der Waals surface area contributed by atoms with Crippen LogP contribution in [0.5, 0.6) is 5.75 Å². The van der Waals surface area contributed by atoms with Gasteiger partial charge in [0.2, 0.25) is 5.43 Å². The minimum atomic E-state index is -0.169. The Morgan fingerprint density at radius 2 is 1.86 bits per heavy atom. The molecular weight excluding hydrogens is 264 g/mol. The van der Waals surface area contributed by atoms with Crippen LogP contribution in [0.4, 0.5) is 0 Å². The zero-order valence-corrected chi connectivity index (χ0v) is 12.1. The molecule has 106 valence electrons. The van der Waals surface area contributed by atoms with Gasteiger partial charge in [0.1, 0.15) is 22.5 Å². The smallest absolute Gasteiger partial charge is 0.200 e. The van der Waals surface area contributed by atoms with Crippen LogP contribution in [0.3, 0.4) is 0 Å². The van der Waals surface area contributed by atoms with Gasteiger partial charge in [-0.3, -0.25) is 4.79 Å². The molecule has 1 aromatic heterocycles. The lowest BCUT2D eigenvalue weighted by molar-refractivity contribution is 0.0849. The Balaban J connectivity index is 2.09. The highest BCUT2D eigenvalue weighted by Gasteiger charge is 2.28. The molecule has 4 rings (SSSR count). The van der Waals surface area contributed by atoms with Crippen molar-refractivity contribution in [3.8, 4) is 5.75 Å². The standard InChI is InChI=1S/C18H16O3/c1-18(2)10-9-12-15(21-18)8-7-13-16(19)11-5-3-4-6-14(11)20-17(12)13/h3-8H,9-10H2,1-2H3. The fourth-order valence-corrected chi connectivity index (χ4v) is 3.01. The summed E-state index contributed by atoms with van der Waals surface area (Å²) < 4.78 is 12.0. The first-order valence-electron chi connectivity index (χ1n) is 7.22. The van der Waals surface area contributed by atoms with Gasteiger partial charge in [0, 0.05) is 5.56 Å². The van der Waals surface area contributed by atoms with Crippen LogP contribution in [-0.2, 0) is 6.42 Å². The van der Waals surface area contributed by atoms with Gasteiger partial charge in [-0.1, -0.05) is 12.1 Å². The van der Waals surface area contributed by atoms with Crippen LogP contribution < -0.4 is 10.2 Å². The Kier molecular flexibility index (Phi) is 2.43. The summed E-state index contributed by atoms with van der Waals surface area (Å²) in [6.45, 7) is 4.16. The molecule has 0 fully saturated rings. The largest absolute Gasteiger partial charge is 0.487 e. The van der Waals surface area contributed by atoms with E-state index in [1.807, 2.05) is 30.3 Å². The van der Waals surface area contributed by atoms with Crippen molar-refractivity contribution in [2.24, 2.45) is 0 Å². The van der Waals surface area contributed by atoms with E-state index in [0.717, 1.165) is 24.2 Å². The van der Waals surface area contributed by atoms with Crippen LogP contribution in [-0.4, -0.2) is 5.60 Å². The molecule has 0 spiro atoms. The second kappa shape index (κ2) is 4.10. The van der Waals surface area contributed by atoms with Crippen LogP contribution in [0.1, 0.15) is 25.8 Å². The highest BCUT2D eigenvalue weighted by molar-refractivity contribution is 5.92. The van der Waals surface area contributed by atoms with Crippen molar-refractivity contribution in [2.75, 3.05) is 0 Å². The van der Waals surface area contributed by atoms with Gasteiger partial charge in [-0.05, 0) is 51.0 Å². The maximum Gasteiger partial charge on any atom is 0.200 e. The SMILES string of the molecule is CC1(C)CCc2c(ccc3c(=O)c4ccccc4oc23)O1. The van der Waals surface area contributed by atoms with Gasteiger partial charge in [0.05, 0.1) is 10.8 Å². The molecule has 0 bridgehead atoms. The van der Waals surface area contributed by atoms with Crippen LogP contribution in [0.25, 0.3) is 21.9 Å². The van der Waals surface area contributed by atoms with Crippen molar-refractivity contribution in [2.45, 2.75) is 32.3 Å². The maximum atomic E-state index is 12.6. The summed E-state index contributed by atoms with van der Waals surface area (Å²) in [7, 11) is 0. The zero-order chi connectivity index (χ0) is 14.6. The molecule has 0 atom stereocenters. The summed E-state index contributed by atoms with van der Waals surface area (Å²) in [5, 5.41) is 1.26. The molecule has 0 amide bonds. The number of rotatable bonds is 0. The highest BCUT2D eigenvalue weighted by Crippen LogP contribution is 2.37. The second-order valence-corrected chi connectivity index (χ2v) is 6.21. The molecule has 3 heteroatoms. The van der Waals surface area contributed by atoms with Crippen molar-refractivity contribution in [3.05, 3.63) is 52.2 Å². The summed E-state index contributed by atoms with van der Waals surface area (Å²) in [6, 6.07) is 11.1. The third-order valence-corrected chi connectivity index (χ3v) is 4.17. The molecule has 2 heterocycles. The topological polar surface area (TPSA) is 39.4 Å². The van der Waals surface area contributed by atoms with Gasteiger partial charge >= 0.3 is 0 Å². The Morgan fingerprint density at radius 1 is 1.05 bits per heavy atom.